The van der Waals surface area contributed by atoms with Gasteiger partial charge in [-0.2, -0.15) is 0 Å². The number of carbonyl (C=O) groups excluding carboxylic acids is 1. The van der Waals surface area contributed by atoms with Gasteiger partial charge in [-0.1, -0.05) is 0 Å². The third-order valence-corrected chi connectivity index (χ3v) is 1.42. The van der Waals surface area contributed by atoms with Crippen LogP contribution in [0.25, 0.3) is 0 Å². The van der Waals surface area contributed by atoms with Gasteiger partial charge in [0.1, 0.15) is 5.92 Å². The topological polar surface area (TPSA) is 104 Å². The van der Waals surface area contributed by atoms with Crippen molar-refractivity contribution in [3.8, 4) is 0 Å². The molecule has 3 N–H and O–H groups in total. The fourth-order valence-corrected chi connectivity index (χ4v) is 0.811. The van der Waals surface area contributed by atoms with Crippen molar-refractivity contribution in [2.75, 3.05) is 13.6 Å². The number of ketones is 1. The van der Waals surface area contributed by atoms with Gasteiger partial charge in [-0.25, -0.2) is 0 Å². The van der Waals surface area contributed by atoms with Crippen LogP contribution in [0, 0.1) is 5.92 Å². The van der Waals surface area contributed by atoms with Gasteiger partial charge in [0.2, 0.25) is 0 Å². The van der Waals surface area contributed by atoms with Crippen LogP contribution in [0.2, 0.25) is 0 Å². The summed E-state index contributed by atoms with van der Waals surface area (Å²) < 4.78 is 0. The number of aliphatic carboxylic acids is 2. The second-order valence-electron chi connectivity index (χ2n) is 2.49. The molecule has 1 unspecified atom stereocenters. The van der Waals surface area contributed by atoms with Crippen molar-refractivity contribution in [1.29, 1.82) is 0 Å². The normalized spacial score (nSPS) is 12.1. The van der Waals surface area contributed by atoms with E-state index in [1.807, 2.05) is 0 Å². The molecule has 0 aliphatic rings. The summed E-state index contributed by atoms with van der Waals surface area (Å²) in [5.41, 5.74) is 0. The molecule has 0 aliphatic carbocycles. The van der Waals surface area contributed by atoms with Crippen molar-refractivity contribution in [3.63, 3.8) is 0 Å². The fourth-order valence-electron chi connectivity index (χ4n) is 0.811. The lowest BCUT2D eigenvalue weighted by molar-refractivity contribution is -0.152. The third-order valence-electron chi connectivity index (χ3n) is 1.42. The molecule has 0 fully saturated rings. The predicted octanol–water partition coefficient (Wildman–Crippen LogP) is -1.05. The summed E-state index contributed by atoms with van der Waals surface area (Å²) in [6.45, 7) is -0.135. The van der Waals surface area contributed by atoms with Gasteiger partial charge in [-0.05, 0) is 7.05 Å². The van der Waals surface area contributed by atoms with E-state index in [2.05, 4.69) is 5.32 Å². The first-order valence-electron chi connectivity index (χ1n) is 3.61. The lowest BCUT2D eigenvalue weighted by Gasteiger charge is -2.07. The Bertz CT molecular complexity index is 225. The van der Waals surface area contributed by atoms with E-state index in [0.717, 1.165) is 0 Å². The first-order chi connectivity index (χ1) is 5.99. The monoisotopic (exact) mass is 189 g/mol. The number of nitrogens with one attached hydrogen (secondary N) is 1. The Morgan fingerprint density at radius 2 is 1.85 bits per heavy atom. The Morgan fingerprint density at radius 1 is 1.31 bits per heavy atom. The second kappa shape index (κ2) is 5.26. The minimum atomic E-state index is -1.45. The van der Waals surface area contributed by atoms with Gasteiger partial charge in [-0.15, -0.1) is 0 Å². The van der Waals surface area contributed by atoms with E-state index in [-0.39, 0.29) is 6.54 Å². The van der Waals surface area contributed by atoms with Gasteiger partial charge in [0.15, 0.2) is 5.78 Å². The summed E-state index contributed by atoms with van der Waals surface area (Å²) in [7, 11) is 1.48. The lowest BCUT2D eigenvalue weighted by atomic mass is 10.0. The summed E-state index contributed by atoms with van der Waals surface area (Å²) in [6, 6.07) is 0. The molecule has 6 nitrogen and oxygen atoms in total. The average Bonchev–Trinajstić information content (AvgIpc) is 1.99. The molecular weight excluding hydrogens is 178 g/mol. The molecule has 0 aromatic rings. The Morgan fingerprint density at radius 3 is 2.15 bits per heavy atom. The van der Waals surface area contributed by atoms with Crippen LogP contribution in [0.15, 0.2) is 0 Å². The maximum absolute atomic E-state index is 11.0. The third kappa shape index (κ3) is 4.22. The minimum absolute atomic E-state index is 0.135. The SMILES string of the molecule is CNCC(=O)C(CC(=O)O)C(=O)O. The van der Waals surface area contributed by atoms with Crippen molar-refractivity contribution in [1.82, 2.24) is 5.32 Å². The predicted molar refractivity (Wildman–Crippen MR) is 42.3 cm³/mol. The molecule has 1 atom stereocenters. The van der Waals surface area contributed by atoms with E-state index in [4.69, 9.17) is 10.2 Å². The van der Waals surface area contributed by atoms with Crippen molar-refractivity contribution in [2.45, 2.75) is 6.42 Å². The van der Waals surface area contributed by atoms with E-state index in [0.29, 0.717) is 0 Å². The van der Waals surface area contributed by atoms with Crippen LogP contribution >= 0.6 is 0 Å². The highest BCUT2D eigenvalue weighted by atomic mass is 16.4. The van der Waals surface area contributed by atoms with Gasteiger partial charge in [0, 0.05) is 0 Å². The number of hydrogen-bond acceptors (Lipinski definition) is 4. The lowest BCUT2D eigenvalue weighted by Crippen LogP contribution is -2.32. The molecule has 0 aliphatic heterocycles. The van der Waals surface area contributed by atoms with E-state index in [1.54, 1.807) is 0 Å². The maximum Gasteiger partial charge on any atom is 0.314 e. The summed E-state index contributed by atoms with van der Waals surface area (Å²) in [6.07, 6.45) is -0.671. The highest BCUT2D eigenvalue weighted by Gasteiger charge is 2.27. The number of hydrogen-bond donors (Lipinski definition) is 3. The molecule has 0 spiro atoms. The molecular formula is C7H11NO5. The largest absolute Gasteiger partial charge is 0.481 e. The summed E-state index contributed by atoms with van der Waals surface area (Å²) in [4.78, 5) is 31.6. The quantitative estimate of drug-likeness (QED) is 0.460. The van der Waals surface area contributed by atoms with Crippen molar-refractivity contribution >= 4 is 17.7 Å². The zero-order valence-corrected chi connectivity index (χ0v) is 7.11. The number of rotatable bonds is 6. The maximum atomic E-state index is 11.0. The second-order valence-corrected chi connectivity index (χ2v) is 2.49. The molecule has 0 aromatic heterocycles. The Hall–Kier alpha value is -1.43. The van der Waals surface area contributed by atoms with Gasteiger partial charge in [0.05, 0.1) is 13.0 Å². The van der Waals surface area contributed by atoms with E-state index in [9.17, 15) is 14.4 Å². The van der Waals surface area contributed by atoms with E-state index >= 15 is 0 Å². The van der Waals surface area contributed by atoms with E-state index in [1.165, 1.54) is 7.05 Å². The first-order valence-corrected chi connectivity index (χ1v) is 3.61. The molecule has 0 heterocycles. The number of Topliss-reactive ketones (excluding diaryl/α,β-unsaturated/α-hetero) is 1. The number of likely N-dealkylation sites (N-methyl/N-ethyl adjacent to an activating group) is 1. The van der Waals surface area contributed by atoms with Crippen LogP contribution in [-0.4, -0.2) is 41.5 Å². The van der Waals surface area contributed by atoms with Gasteiger partial charge < -0.3 is 15.5 Å². The fraction of sp³-hybridized carbons (Fsp3) is 0.571. The summed E-state index contributed by atoms with van der Waals surface area (Å²) in [5, 5.41) is 19.3. The van der Waals surface area contributed by atoms with Crippen LogP contribution in [0.5, 0.6) is 0 Å². The van der Waals surface area contributed by atoms with Gasteiger partial charge in [-0.3, -0.25) is 14.4 Å². The first kappa shape index (κ1) is 11.6. The van der Waals surface area contributed by atoms with E-state index < -0.39 is 30.1 Å². The Labute approximate surface area is 74.6 Å². The number of carboxylic acid groups (broad SMARTS) is 2. The highest BCUT2D eigenvalue weighted by molar-refractivity contribution is 6.01. The molecule has 0 bridgehead atoms. The molecule has 13 heavy (non-hydrogen) atoms. The Balaban J connectivity index is 4.32. The van der Waals surface area contributed by atoms with Gasteiger partial charge >= 0.3 is 11.9 Å². The van der Waals surface area contributed by atoms with Crippen molar-refractivity contribution in [3.05, 3.63) is 0 Å². The summed E-state index contributed by atoms with van der Waals surface area (Å²) in [5.74, 6) is -4.78. The highest BCUT2D eigenvalue weighted by Crippen LogP contribution is 2.04. The minimum Gasteiger partial charge on any atom is -0.481 e. The molecule has 6 heteroatoms. The zero-order valence-electron chi connectivity index (χ0n) is 7.11. The molecule has 0 amide bonds. The standard InChI is InChI=1S/C7H11NO5/c1-8-3-5(9)4(7(12)13)2-6(10)11/h4,8H,2-3H2,1H3,(H,10,11)(H,12,13). The van der Waals surface area contributed by atoms with Crippen LogP contribution < -0.4 is 5.32 Å². The van der Waals surface area contributed by atoms with Crippen LogP contribution in [-0.2, 0) is 14.4 Å². The molecule has 0 aromatic carbocycles. The smallest absolute Gasteiger partial charge is 0.314 e. The summed E-state index contributed by atoms with van der Waals surface area (Å²) >= 11 is 0. The zero-order chi connectivity index (χ0) is 10.4. The molecule has 0 radical (unpaired) electrons. The molecule has 0 saturated carbocycles. The van der Waals surface area contributed by atoms with Crippen LogP contribution in [0.4, 0.5) is 0 Å². The average molecular weight is 189 g/mol. The molecule has 0 rings (SSSR count). The number of carbonyl (C=O) groups is 3. The van der Waals surface area contributed by atoms with Crippen molar-refractivity contribution in [2.24, 2.45) is 5.92 Å². The number of carboxylic acids is 2. The Kier molecular flexibility index (Phi) is 4.68. The molecule has 74 valence electrons. The van der Waals surface area contributed by atoms with Crippen LogP contribution in [0.3, 0.4) is 0 Å². The van der Waals surface area contributed by atoms with Crippen molar-refractivity contribution < 1.29 is 24.6 Å². The molecule has 0 saturated heterocycles. The van der Waals surface area contributed by atoms with Crippen LogP contribution in [0.1, 0.15) is 6.42 Å². The van der Waals surface area contributed by atoms with Gasteiger partial charge in [0.25, 0.3) is 0 Å².